The molecule has 4 nitrogen and oxygen atoms in total. The summed E-state index contributed by atoms with van der Waals surface area (Å²) in [7, 11) is 1.36. The van der Waals surface area contributed by atoms with Crippen molar-refractivity contribution < 1.29 is 14.3 Å². The maximum Gasteiger partial charge on any atom is 0.357 e. The molecule has 0 N–H and O–H groups in total. The fraction of sp³-hybridized carbons (Fsp3) is 0.600. The molecule has 2 heterocycles. The molecule has 0 bridgehead atoms. The molecular formula is C10H13NO3S. The third-order valence-corrected chi connectivity index (χ3v) is 3.66. The predicted octanol–water partition coefficient (Wildman–Crippen LogP) is 1.96. The fourth-order valence-corrected chi connectivity index (χ4v) is 2.60. The molecule has 1 atom stereocenters. The number of thiazole rings is 1. The van der Waals surface area contributed by atoms with Crippen LogP contribution in [0, 0.1) is 0 Å². The Kier molecular flexibility index (Phi) is 2.75. The monoisotopic (exact) mass is 227 g/mol. The Balaban J connectivity index is 2.23. The quantitative estimate of drug-likeness (QED) is 0.725. The molecule has 0 spiro atoms. The molecule has 1 aromatic heterocycles. The van der Waals surface area contributed by atoms with Crippen molar-refractivity contribution in [3.05, 3.63) is 16.1 Å². The van der Waals surface area contributed by atoms with E-state index >= 15 is 0 Å². The third kappa shape index (κ3) is 1.89. The molecule has 5 heteroatoms. The summed E-state index contributed by atoms with van der Waals surface area (Å²) < 4.78 is 10.3. The van der Waals surface area contributed by atoms with Crippen molar-refractivity contribution in [1.82, 2.24) is 4.98 Å². The molecule has 1 aliphatic heterocycles. The summed E-state index contributed by atoms with van der Waals surface area (Å²) in [6.07, 6.45) is 2.00. The second kappa shape index (κ2) is 3.90. The first-order valence-corrected chi connectivity index (χ1v) is 5.72. The van der Waals surface area contributed by atoms with Gasteiger partial charge < -0.3 is 9.47 Å². The Morgan fingerprint density at radius 2 is 2.53 bits per heavy atom. The standard InChI is InChI=1S/C10H13NO3S/c1-10(4-3-5-14-10)9-11-7(6-15-9)8(12)13-2/h6H,3-5H2,1-2H3. The minimum Gasteiger partial charge on any atom is -0.464 e. The Labute approximate surface area is 92.2 Å². The zero-order chi connectivity index (χ0) is 10.9. The number of hydrogen-bond donors (Lipinski definition) is 0. The Morgan fingerprint density at radius 3 is 3.13 bits per heavy atom. The molecule has 0 saturated carbocycles. The first-order valence-electron chi connectivity index (χ1n) is 4.84. The minimum atomic E-state index is -0.390. The van der Waals surface area contributed by atoms with E-state index in [0.29, 0.717) is 5.69 Å². The molecule has 15 heavy (non-hydrogen) atoms. The van der Waals surface area contributed by atoms with E-state index in [9.17, 15) is 4.79 Å². The SMILES string of the molecule is COC(=O)c1csc(C2(C)CCCO2)n1. The summed E-state index contributed by atoms with van der Waals surface area (Å²) in [6.45, 7) is 2.78. The lowest BCUT2D eigenvalue weighted by Crippen LogP contribution is -2.19. The molecular weight excluding hydrogens is 214 g/mol. The van der Waals surface area contributed by atoms with E-state index in [-0.39, 0.29) is 11.6 Å². The lowest BCUT2D eigenvalue weighted by Gasteiger charge is -2.19. The van der Waals surface area contributed by atoms with Gasteiger partial charge in [0, 0.05) is 12.0 Å². The molecule has 0 radical (unpaired) electrons. The van der Waals surface area contributed by atoms with E-state index in [1.54, 1.807) is 5.38 Å². The second-order valence-corrected chi connectivity index (χ2v) is 4.57. The van der Waals surface area contributed by atoms with E-state index in [4.69, 9.17) is 4.74 Å². The third-order valence-electron chi connectivity index (χ3n) is 2.57. The van der Waals surface area contributed by atoms with Crippen LogP contribution >= 0.6 is 11.3 Å². The lowest BCUT2D eigenvalue weighted by molar-refractivity contribution is 0.0164. The lowest BCUT2D eigenvalue weighted by atomic mass is 10.0. The highest BCUT2D eigenvalue weighted by atomic mass is 32.1. The normalized spacial score (nSPS) is 25.5. The van der Waals surface area contributed by atoms with Gasteiger partial charge in [-0.1, -0.05) is 0 Å². The highest BCUT2D eigenvalue weighted by Crippen LogP contribution is 2.37. The number of nitrogens with zero attached hydrogens (tertiary/aromatic N) is 1. The summed E-state index contributed by atoms with van der Waals surface area (Å²) in [6, 6.07) is 0. The maximum absolute atomic E-state index is 11.2. The van der Waals surface area contributed by atoms with Crippen LogP contribution in [-0.2, 0) is 15.1 Å². The second-order valence-electron chi connectivity index (χ2n) is 3.71. The topological polar surface area (TPSA) is 48.4 Å². The zero-order valence-electron chi connectivity index (χ0n) is 8.78. The molecule has 0 aromatic carbocycles. The molecule has 1 saturated heterocycles. The number of esters is 1. The van der Waals surface area contributed by atoms with Crippen LogP contribution < -0.4 is 0 Å². The number of methoxy groups -OCH3 is 1. The van der Waals surface area contributed by atoms with Gasteiger partial charge in [0.05, 0.1) is 7.11 Å². The average Bonchev–Trinajstić information content (AvgIpc) is 2.85. The Hall–Kier alpha value is -0.940. The van der Waals surface area contributed by atoms with Crippen LogP contribution in [-0.4, -0.2) is 24.7 Å². The smallest absolute Gasteiger partial charge is 0.357 e. The van der Waals surface area contributed by atoms with Crippen LogP contribution in [0.5, 0.6) is 0 Å². The van der Waals surface area contributed by atoms with Crippen molar-refractivity contribution in [3.8, 4) is 0 Å². The van der Waals surface area contributed by atoms with Gasteiger partial charge in [-0.25, -0.2) is 9.78 Å². The van der Waals surface area contributed by atoms with Crippen molar-refractivity contribution in [2.45, 2.75) is 25.4 Å². The number of carbonyl (C=O) groups is 1. The largest absolute Gasteiger partial charge is 0.464 e. The molecule has 1 unspecified atom stereocenters. The Morgan fingerprint density at radius 1 is 1.73 bits per heavy atom. The maximum atomic E-state index is 11.2. The van der Waals surface area contributed by atoms with Gasteiger partial charge in [0.25, 0.3) is 0 Å². The molecule has 1 aliphatic rings. The summed E-state index contributed by atoms with van der Waals surface area (Å²) in [5, 5.41) is 2.58. The number of carbonyl (C=O) groups excluding carboxylic acids is 1. The molecule has 2 rings (SSSR count). The highest BCUT2D eigenvalue weighted by Gasteiger charge is 2.35. The van der Waals surface area contributed by atoms with E-state index < -0.39 is 0 Å². The number of rotatable bonds is 2. The zero-order valence-corrected chi connectivity index (χ0v) is 9.60. The van der Waals surface area contributed by atoms with Crippen molar-refractivity contribution in [2.24, 2.45) is 0 Å². The molecule has 0 amide bonds. The summed E-state index contributed by atoms with van der Waals surface area (Å²) >= 11 is 1.45. The molecule has 1 fully saturated rings. The van der Waals surface area contributed by atoms with E-state index in [0.717, 1.165) is 24.5 Å². The van der Waals surface area contributed by atoms with Crippen LogP contribution in [0.3, 0.4) is 0 Å². The number of aromatic nitrogens is 1. The van der Waals surface area contributed by atoms with Gasteiger partial charge in [0.1, 0.15) is 10.6 Å². The molecule has 82 valence electrons. The van der Waals surface area contributed by atoms with Gasteiger partial charge in [0.15, 0.2) is 5.69 Å². The van der Waals surface area contributed by atoms with Crippen molar-refractivity contribution >= 4 is 17.3 Å². The number of ether oxygens (including phenoxy) is 2. The van der Waals surface area contributed by atoms with Gasteiger partial charge in [-0.2, -0.15) is 0 Å². The van der Waals surface area contributed by atoms with Gasteiger partial charge in [-0.05, 0) is 19.8 Å². The van der Waals surface area contributed by atoms with Crippen molar-refractivity contribution in [3.63, 3.8) is 0 Å². The van der Waals surface area contributed by atoms with Crippen LogP contribution in [0.15, 0.2) is 5.38 Å². The summed E-state index contributed by atoms with van der Waals surface area (Å²) in [5.41, 5.74) is 0.0611. The fourth-order valence-electron chi connectivity index (χ4n) is 1.66. The Bertz CT molecular complexity index is 368. The van der Waals surface area contributed by atoms with Crippen LogP contribution in [0.25, 0.3) is 0 Å². The van der Waals surface area contributed by atoms with E-state index in [1.165, 1.54) is 18.4 Å². The minimum absolute atomic E-state index is 0.309. The highest BCUT2D eigenvalue weighted by molar-refractivity contribution is 7.10. The molecule has 0 aliphatic carbocycles. The first-order chi connectivity index (χ1) is 7.15. The van der Waals surface area contributed by atoms with E-state index in [1.807, 2.05) is 6.92 Å². The van der Waals surface area contributed by atoms with Gasteiger partial charge in [-0.15, -0.1) is 11.3 Å². The first kappa shape index (κ1) is 10.6. The van der Waals surface area contributed by atoms with Gasteiger partial charge in [-0.3, -0.25) is 0 Å². The predicted molar refractivity (Wildman–Crippen MR) is 56.0 cm³/mol. The average molecular weight is 227 g/mol. The van der Waals surface area contributed by atoms with Gasteiger partial charge in [0.2, 0.25) is 0 Å². The van der Waals surface area contributed by atoms with E-state index in [2.05, 4.69) is 9.72 Å². The van der Waals surface area contributed by atoms with Crippen molar-refractivity contribution in [1.29, 1.82) is 0 Å². The summed E-state index contributed by atoms with van der Waals surface area (Å²) in [4.78, 5) is 15.5. The molecule has 1 aromatic rings. The number of hydrogen-bond acceptors (Lipinski definition) is 5. The van der Waals surface area contributed by atoms with Gasteiger partial charge >= 0.3 is 5.97 Å². The van der Waals surface area contributed by atoms with Crippen LogP contribution in [0.2, 0.25) is 0 Å². The summed E-state index contributed by atoms with van der Waals surface area (Å²) in [5.74, 6) is -0.390. The van der Waals surface area contributed by atoms with Crippen molar-refractivity contribution in [2.75, 3.05) is 13.7 Å². The van der Waals surface area contributed by atoms with Crippen LogP contribution in [0.4, 0.5) is 0 Å². The van der Waals surface area contributed by atoms with Crippen LogP contribution in [0.1, 0.15) is 35.3 Å².